The second-order valence-electron chi connectivity index (χ2n) is 6.84. The first-order valence-electron chi connectivity index (χ1n) is 9.07. The number of halogens is 1. The van der Waals surface area contributed by atoms with Crippen LogP contribution in [0.25, 0.3) is 11.4 Å². The van der Waals surface area contributed by atoms with Crippen LogP contribution in [0.15, 0.2) is 45.0 Å². The second-order valence-corrected chi connectivity index (χ2v) is 7.64. The Labute approximate surface area is 179 Å². The number of rotatable bonds is 5. The van der Waals surface area contributed by atoms with E-state index in [-0.39, 0.29) is 35.5 Å². The maximum atomic E-state index is 13.0. The summed E-state index contributed by atoms with van der Waals surface area (Å²) in [5.74, 6) is -1.69. The molecule has 2 aliphatic heterocycles. The number of aromatic nitrogens is 2. The normalized spacial score (nSPS) is 19.5. The van der Waals surface area contributed by atoms with Crippen LogP contribution < -0.4 is 5.32 Å². The zero-order chi connectivity index (χ0) is 21.4. The van der Waals surface area contributed by atoms with E-state index >= 15 is 0 Å². The highest BCUT2D eigenvalue weighted by molar-refractivity contribution is 9.12. The average molecular weight is 474 g/mol. The number of nitrogens with zero attached hydrogens (tertiary/aromatic N) is 4. The van der Waals surface area contributed by atoms with E-state index in [0.717, 1.165) is 10.5 Å². The maximum absolute atomic E-state index is 13.0. The van der Waals surface area contributed by atoms with Gasteiger partial charge in [-0.2, -0.15) is 4.98 Å². The van der Waals surface area contributed by atoms with Crippen LogP contribution in [-0.4, -0.2) is 56.7 Å². The molecule has 1 aromatic heterocycles. The lowest BCUT2D eigenvalue weighted by Gasteiger charge is -2.28. The minimum absolute atomic E-state index is 0.0301. The molecule has 0 aliphatic carbocycles. The van der Waals surface area contributed by atoms with Gasteiger partial charge in [0.2, 0.25) is 23.5 Å². The van der Waals surface area contributed by atoms with Crippen LogP contribution in [0.3, 0.4) is 0 Å². The molecule has 1 unspecified atom stereocenters. The van der Waals surface area contributed by atoms with Crippen molar-refractivity contribution < 1.29 is 23.7 Å². The van der Waals surface area contributed by atoms with Gasteiger partial charge in [-0.3, -0.25) is 29.4 Å². The number of hydrogen-bond donors (Lipinski definition) is 1. The summed E-state index contributed by atoms with van der Waals surface area (Å²) >= 11 is 3.17. The minimum Gasteiger partial charge on any atom is -0.360 e. The van der Waals surface area contributed by atoms with Crippen molar-refractivity contribution in [3.63, 3.8) is 0 Å². The molecule has 10 nitrogen and oxygen atoms in total. The van der Waals surface area contributed by atoms with Crippen LogP contribution in [0.5, 0.6) is 0 Å². The molecule has 11 heteroatoms. The Morgan fingerprint density at radius 1 is 1.20 bits per heavy atom. The molecule has 0 radical (unpaired) electrons. The standard InChI is InChI=1S/C19H16BrN5O5/c1-24(9-13-22-16(23-30-13)10-5-3-2-4-6-10)15-14(20)18(28)25(19(15)29)11-7-8-12(26)21-17(11)27/h2-6,11H,7-9H2,1H3,(H,21,26,27). The fourth-order valence-corrected chi connectivity index (χ4v) is 4.02. The Bertz CT molecular complexity index is 1080. The van der Waals surface area contributed by atoms with Gasteiger partial charge in [0.15, 0.2) is 0 Å². The summed E-state index contributed by atoms with van der Waals surface area (Å²) in [5, 5.41) is 6.10. The molecular weight excluding hydrogens is 458 g/mol. The van der Waals surface area contributed by atoms with Gasteiger partial charge in [-0.15, -0.1) is 0 Å². The molecule has 0 saturated carbocycles. The Kier molecular flexibility index (Phi) is 5.20. The molecule has 4 rings (SSSR count). The second kappa shape index (κ2) is 7.82. The monoisotopic (exact) mass is 473 g/mol. The Balaban J connectivity index is 1.51. The number of carbonyl (C=O) groups excluding carboxylic acids is 4. The first kappa shape index (κ1) is 20.0. The van der Waals surface area contributed by atoms with E-state index in [1.165, 1.54) is 4.90 Å². The van der Waals surface area contributed by atoms with Crippen molar-refractivity contribution >= 4 is 39.6 Å². The highest BCUT2D eigenvalue weighted by Gasteiger charge is 2.46. The summed E-state index contributed by atoms with van der Waals surface area (Å²) in [6.45, 7) is 0.0759. The number of benzene rings is 1. The molecule has 30 heavy (non-hydrogen) atoms. The lowest BCUT2D eigenvalue weighted by atomic mass is 10.0. The first-order chi connectivity index (χ1) is 14.4. The van der Waals surface area contributed by atoms with Gasteiger partial charge in [-0.1, -0.05) is 35.5 Å². The molecule has 1 aromatic carbocycles. The molecule has 1 atom stereocenters. The minimum atomic E-state index is -1.03. The third-order valence-corrected chi connectivity index (χ3v) is 5.53. The summed E-state index contributed by atoms with van der Waals surface area (Å²) in [5.41, 5.74) is 0.857. The van der Waals surface area contributed by atoms with Crippen molar-refractivity contribution in [1.82, 2.24) is 25.3 Å². The third-order valence-electron chi connectivity index (χ3n) is 4.81. The summed E-state index contributed by atoms with van der Waals surface area (Å²) in [6.07, 6.45) is 0.143. The van der Waals surface area contributed by atoms with Crippen LogP contribution >= 0.6 is 15.9 Å². The molecule has 2 aliphatic rings. The summed E-state index contributed by atoms with van der Waals surface area (Å²) in [7, 11) is 1.60. The molecule has 2 aromatic rings. The lowest BCUT2D eigenvalue weighted by molar-refractivity contribution is -0.150. The third kappa shape index (κ3) is 3.52. The lowest BCUT2D eigenvalue weighted by Crippen LogP contribution is -2.55. The number of carbonyl (C=O) groups is 4. The van der Waals surface area contributed by atoms with Gasteiger partial charge in [-0.25, -0.2) is 0 Å². The van der Waals surface area contributed by atoms with Crippen molar-refractivity contribution in [2.45, 2.75) is 25.4 Å². The van der Waals surface area contributed by atoms with Crippen molar-refractivity contribution in [1.29, 1.82) is 0 Å². The fourth-order valence-electron chi connectivity index (χ4n) is 3.36. The van der Waals surface area contributed by atoms with E-state index in [2.05, 4.69) is 31.4 Å². The topological polar surface area (TPSA) is 126 Å². The number of imide groups is 2. The van der Waals surface area contributed by atoms with Gasteiger partial charge in [0.25, 0.3) is 11.8 Å². The van der Waals surface area contributed by atoms with Crippen molar-refractivity contribution in [3.05, 3.63) is 46.4 Å². The van der Waals surface area contributed by atoms with Gasteiger partial charge < -0.3 is 9.42 Å². The predicted molar refractivity (Wildman–Crippen MR) is 105 cm³/mol. The molecule has 4 amide bonds. The average Bonchev–Trinajstić information content (AvgIpc) is 3.26. The van der Waals surface area contributed by atoms with E-state index in [9.17, 15) is 19.2 Å². The van der Waals surface area contributed by atoms with Gasteiger partial charge in [0.1, 0.15) is 16.2 Å². The first-order valence-corrected chi connectivity index (χ1v) is 9.86. The Morgan fingerprint density at radius 2 is 1.93 bits per heavy atom. The van der Waals surface area contributed by atoms with Crippen molar-refractivity contribution in [3.8, 4) is 11.4 Å². The van der Waals surface area contributed by atoms with Crippen LogP contribution in [0.2, 0.25) is 0 Å². The zero-order valence-corrected chi connectivity index (χ0v) is 17.4. The Hall–Kier alpha value is -3.34. The van der Waals surface area contributed by atoms with Crippen LogP contribution in [0, 0.1) is 0 Å². The van der Waals surface area contributed by atoms with E-state index in [1.54, 1.807) is 7.05 Å². The van der Waals surface area contributed by atoms with Gasteiger partial charge >= 0.3 is 0 Å². The molecule has 1 N–H and O–H groups in total. The van der Waals surface area contributed by atoms with Gasteiger partial charge in [0, 0.05) is 19.0 Å². The number of hydrogen-bond acceptors (Lipinski definition) is 8. The molecule has 0 bridgehead atoms. The largest absolute Gasteiger partial charge is 0.360 e. The fraction of sp³-hybridized carbons (Fsp3) is 0.263. The van der Waals surface area contributed by atoms with Crippen molar-refractivity contribution in [2.75, 3.05) is 7.05 Å². The highest BCUT2D eigenvalue weighted by Crippen LogP contribution is 2.31. The van der Waals surface area contributed by atoms with Gasteiger partial charge in [-0.05, 0) is 22.4 Å². The summed E-state index contributed by atoms with van der Waals surface area (Å²) in [6, 6.07) is 8.23. The molecular formula is C19H16BrN5O5. The van der Waals surface area contributed by atoms with Crippen molar-refractivity contribution in [2.24, 2.45) is 0 Å². The van der Waals surface area contributed by atoms with E-state index in [4.69, 9.17) is 4.52 Å². The number of nitrogens with one attached hydrogen (secondary N) is 1. The molecule has 154 valence electrons. The van der Waals surface area contributed by atoms with Crippen LogP contribution in [-0.2, 0) is 25.7 Å². The molecule has 0 spiro atoms. The number of piperidine rings is 1. The predicted octanol–water partition coefficient (Wildman–Crippen LogP) is 0.949. The molecule has 1 fully saturated rings. The van der Waals surface area contributed by atoms with E-state index in [1.807, 2.05) is 30.3 Å². The highest BCUT2D eigenvalue weighted by atomic mass is 79.9. The van der Waals surface area contributed by atoms with E-state index < -0.39 is 29.7 Å². The molecule has 3 heterocycles. The number of amides is 4. The maximum Gasteiger partial charge on any atom is 0.279 e. The quantitative estimate of drug-likeness (QED) is 0.635. The number of likely N-dealkylation sites (N-methyl/N-ethyl adjacent to an activating group) is 1. The molecule has 1 saturated heterocycles. The van der Waals surface area contributed by atoms with Crippen LogP contribution in [0.1, 0.15) is 18.7 Å². The van der Waals surface area contributed by atoms with Gasteiger partial charge in [0.05, 0.1) is 6.54 Å². The van der Waals surface area contributed by atoms with E-state index in [0.29, 0.717) is 5.82 Å². The summed E-state index contributed by atoms with van der Waals surface area (Å²) in [4.78, 5) is 55.8. The zero-order valence-electron chi connectivity index (χ0n) is 15.8. The SMILES string of the molecule is CN(Cc1nc(-c2ccccc2)no1)C1=C(Br)C(=O)N(C2CCC(=O)NC2=O)C1=O. The summed E-state index contributed by atoms with van der Waals surface area (Å²) < 4.78 is 5.30. The Morgan fingerprint density at radius 3 is 2.63 bits per heavy atom. The van der Waals surface area contributed by atoms with Crippen LogP contribution in [0.4, 0.5) is 0 Å². The smallest absolute Gasteiger partial charge is 0.279 e.